The lowest BCUT2D eigenvalue weighted by atomic mass is 10.4. The monoisotopic (exact) mass is 257 g/mol. The molecule has 102 valence electrons. The molecule has 6 nitrogen and oxygen atoms in total. The van der Waals surface area contributed by atoms with Gasteiger partial charge in [0, 0.05) is 18.7 Å². The highest BCUT2D eigenvalue weighted by molar-refractivity contribution is 5.91. The zero-order valence-corrected chi connectivity index (χ0v) is 10.6. The van der Waals surface area contributed by atoms with Gasteiger partial charge >= 0.3 is 11.9 Å². The summed E-state index contributed by atoms with van der Waals surface area (Å²) in [7, 11) is 0. The third-order valence-electron chi connectivity index (χ3n) is 1.63. The highest BCUT2D eigenvalue weighted by atomic mass is 16.5. The molecular formula is C12H19NO5. The quantitative estimate of drug-likeness (QED) is 0.211. The second kappa shape index (κ2) is 9.38. The van der Waals surface area contributed by atoms with Gasteiger partial charge in [-0.2, -0.15) is 0 Å². The molecule has 0 spiro atoms. The number of esters is 2. The molecule has 0 rings (SSSR count). The van der Waals surface area contributed by atoms with Crippen molar-refractivity contribution < 1.29 is 24.2 Å². The van der Waals surface area contributed by atoms with Gasteiger partial charge in [-0.25, -0.2) is 9.59 Å². The standard InChI is InChI=1S/C12H19NO5/c1-4-10(14)13-7-8-17-11(15)5-6-12(16)18-9(2)3/h4-6,9-10,13-14H,1,7-8H2,2-3H3/b6-5+. The molecule has 0 aromatic rings. The van der Waals surface area contributed by atoms with Gasteiger partial charge in [-0.05, 0) is 19.9 Å². The average molecular weight is 257 g/mol. The van der Waals surface area contributed by atoms with Gasteiger partial charge in [0.05, 0.1) is 6.10 Å². The van der Waals surface area contributed by atoms with Crippen molar-refractivity contribution in [2.45, 2.75) is 26.2 Å². The molecule has 0 aliphatic heterocycles. The maximum atomic E-state index is 11.1. The Kier molecular flexibility index (Phi) is 8.51. The van der Waals surface area contributed by atoms with Gasteiger partial charge in [-0.3, -0.25) is 5.32 Å². The number of carbonyl (C=O) groups excluding carboxylic acids is 2. The zero-order chi connectivity index (χ0) is 14.0. The summed E-state index contributed by atoms with van der Waals surface area (Å²) in [5.74, 6) is -1.24. The fraction of sp³-hybridized carbons (Fsp3) is 0.500. The van der Waals surface area contributed by atoms with Crippen molar-refractivity contribution in [2.75, 3.05) is 13.2 Å². The van der Waals surface area contributed by atoms with Gasteiger partial charge in [-0.15, -0.1) is 0 Å². The lowest BCUT2D eigenvalue weighted by molar-refractivity contribution is -0.142. The summed E-state index contributed by atoms with van der Waals surface area (Å²) in [6.07, 6.45) is 2.25. The van der Waals surface area contributed by atoms with Crippen molar-refractivity contribution in [3.05, 3.63) is 24.8 Å². The predicted octanol–water partition coefficient (Wildman–Crippen LogP) is 0.131. The van der Waals surface area contributed by atoms with Crippen molar-refractivity contribution >= 4 is 11.9 Å². The summed E-state index contributed by atoms with van der Waals surface area (Å²) in [6, 6.07) is 0. The number of rotatable bonds is 8. The Hall–Kier alpha value is -1.66. The van der Waals surface area contributed by atoms with Crippen LogP contribution in [-0.2, 0) is 19.1 Å². The van der Waals surface area contributed by atoms with E-state index in [0.29, 0.717) is 0 Å². The van der Waals surface area contributed by atoms with Crippen LogP contribution < -0.4 is 5.32 Å². The Bertz CT molecular complexity index is 312. The Morgan fingerprint density at radius 2 is 1.94 bits per heavy atom. The van der Waals surface area contributed by atoms with Gasteiger partial charge in [0.25, 0.3) is 0 Å². The molecule has 0 saturated carbocycles. The van der Waals surface area contributed by atoms with Crippen molar-refractivity contribution in [1.82, 2.24) is 5.32 Å². The maximum absolute atomic E-state index is 11.1. The molecule has 0 aromatic carbocycles. The van der Waals surface area contributed by atoms with Crippen molar-refractivity contribution in [2.24, 2.45) is 0 Å². The van der Waals surface area contributed by atoms with Crippen LogP contribution in [0.4, 0.5) is 0 Å². The molecule has 0 radical (unpaired) electrons. The largest absolute Gasteiger partial charge is 0.461 e. The summed E-state index contributed by atoms with van der Waals surface area (Å²) >= 11 is 0. The lowest BCUT2D eigenvalue weighted by Crippen LogP contribution is -2.30. The molecule has 2 N–H and O–H groups in total. The minimum atomic E-state index is -0.833. The molecule has 0 aliphatic carbocycles. The Labute approximate surface area is 106 Å². The van der Waals surface area contributed by atoms with Gasteiger partial charge < -0.3 is 14.6 Å². The predicted molar refractivity (Wildman–Crippen MR) is 65.5 cm³/mol. The van der Waals surface area contributed by atoms with Crippen molar-refractivity contribution in [1.29, 1.82) is 0 Å². The second-order valence-corrected chi connectivity index (χ2v) is 3.62. The Morgan fingerprint density at radius 3 is 2.50 bits per heavy atom. The van der Waals surface area contributed by atoms with E-state index in [9.17, 15) is 9.59 Å². The summed E-state index contributed by atoms with van der Waals surface area (Å²) in [6.45, 7) is 7.14. The molecule has 0 aromatic heterocycles. The molecule has 0 bridgehead atoms. The SMILES string of the molecule is C=CC(O)NCCOC(=O)/C=C/C(=O)OC(C)C. The molecular weight excluding hydrogens is 238 g/mol. The average Bonchev–Trinajstić information content (AvgIpc) is 2.30. The Balaban J connectivity index is 3.74. The first-order chi connectivity index (χ1) is 8.45. The topological polar surface area (TPSA) is 84.9 Å². The van der Waals surface area contributed by atoms with E-state index in [2.05, 4.69) is 11.9 Å². The molecule has 18 heavy (non-hydrogen) atoms. The molecule has 6 heteroatoms. The van der Waals surface area contributed by atoms with Crippen LogP contribution in [0.1, 0.15) is 13.8 Å². The molecule has 0 saturated heterocycles. The lowest BCUT2D eigenvalue weighted by Gasteiger charge is -2.07. The van der Waals surface area contributed by atoms with Crippen LogP contribution in [0.5, 0.6) is 0 Å². The van der Waals surface area contributed by atoms with E-state index < -0.39 is 18.2 Å². The first-order valence-corrected chi connectivity index (χ1v) is 5.55. The minimum absolute atomic E-state index is 0.0767. The number of carbonyl (C=O) groups is 2. The summed E-state index contributed by atoms with van der Waals surface area (Å²) in [5.41, 5.74) is 0. The van der Waals surface area contributed by atoms with Crippen LogP contribution in [-0.4, -0.2) is 42.5 Å². The van der Waals surface area contributed by atoms with Gasteiger partial charge in [0.15, 0.2) is 0 Å². The van der Waals surface area contributed by atoms with Crippen LogP contribution >= 0.6 is 0 Å². The molecule has 1 unspecified atom stereocenters. The first-order valence-electron chi connectivity index (χ1n) is 5.55. The van der Waals surface area contributed by atoms with E-state index in [0.717, 1.165) is 12.2 Å². The molecule has 0 fully saturated rings. The molecule has 0 heterocycles. The van der Waals surface area contributed by atoms with E-state index >= 15 is 0 Å². The normalized spacial score (nSPS) is 12.4. The third kappa shape index (κ3) is 9.56. The Morgan fingerprint density at radius 1 is 1.33 bits per heavy atom. The fourth-order valence-corrected chi connectivity index (χ4v) is 0.898. The smallest absolute Gasteiger partial charge is 0.331 e. The number of hydrogen-bond acceptors (Lipinski definition) is 6. The number of aliphatic hydroxyl groups excluding tert-OH is 1. The third-order valence-corrected chi connectivity index (χ3v) is 1.63. The second-order valence-electron chi connectivity index (χ2n) is 3.62. The van der Waals surface area contributed by atoms with E-state index in [4.69, 9.17) is 14.6 Å². The first kappa shape index (κ1) is 16.3. The number of aliphatic hydroxyl groups is 1. The van der Waals surface area contributed by atoms with E-state index in [1.54, 1.807) is 13.8 Å². The summed E-state index contributed by atoms with van der Waals surface area (Å²) < 4.78 is 9.53. The zero-order valence-electron chi connectivity index (χ0n) is 10.6. The van der Waals surface area contributed by atoms with Crippen molar-refractivity contribution in [3.63, 3.8) is 0 Å². The van der Waals surface area contributed by atoms with Gasteiger partial charge in [0.1, 0.15) is 12.8 Å². The molecule has 1 atom stereocenters. The van der Waals surface area contributed by atoms with Crippen LogP contribution in [0, 0.1) is 0 Å². The summed E-state index contributed by atoms with van der Waals surface area (Å²) in [5, 5.41) is 11.7. The van der Waals surface area contributed by atoms with Gasteiger partial charge in [0.2, 0.25) is 0 Å². The number of ether oxygens (including phenoxy) is 2. The molecule has 0 amide bonds. The van der Waals surface area contributed by atoms with Crippen LogP contribution in [0.3, 0.4) is 0 Å². The fourth-order valence-electron chi connectivity index (χ4n) is 0.898. The number of nitrogens with one attached hydrogen (secondary N) is 1. The van der Waals surface area contributed by atoms with E-state index in [-0.39, 0.29) is 19.3 Å². The van der Waals surface area contributed by atoms with Crippen molar-refractivity contribution in [3.8, 4) is 0 Å². The molecule has 0 aliphatic rings. The summed E-state index contributed by atoms with van der Waals surface area (Å²) in [4.78, 5) is 22.2. The number of hydrogen-bond donors (Lipinski definition) is 2. The van der Waals surface area contributed by atoms with Crippen LogP contribution in [0.2, 0.25) is 0 Å². The van der Waals surface area contributed by atoms with E-state index in [1.165, 1.54) is 6.08 Å². The van der Waals surface area contributed by atoms with Crippen LogP contribution in [0.25, 0.3) is 0 Å². The highest BCUT2D eigenvalue weighted by Crippen LogP contribution is 1.91. The maximum Gasteiger partial charge on any atom is 0.331 e. The van der Waals surface area contributed by atoms with E-state index in [1.807, 2.05) is 0 Å². The van der Waals surface area contributed by atoms with Gasteiger partial charge in [-0.1, -0.05) is 6.58 Å². The minimum Gasteiger partial charge on any atom is -0.461 e. The highest BCUT2D eigenvalue weighted by Gasteiger charge is 2.03. The van der Waals surface area contributed by atoms with Crippen LogP contribution in [0.15, 0.2) is 24.8 Å².